The van der Waals surface area contributed by atoms with Crippen LogP contribution in [0, 0.1) is 0 Å². The second-order valence-electron chi connectivity index (χ2n) is 5.62. The largest absolute Gasteiger partial charge is 0.453 e. The number of carbonyl (C=O) groups is 2. The quantitative estimate of drug-likeness (QED) is 0.751. The van der Waals surface area contributed by atoms with E-state index in [0.717, 1.165) is 5.56 Å². The summed E-state index contributed by atoms with van der Waals surface area (Å²) in [6.07, 6.45) is 0.576. The van der Waals surface area contributed by atoms with Crippen molar-refractivity contribution in [2.45, 2.75) is 32.3 Å². The van der Waals surface area contributed by atoms with E-state index in [2.05, 4.69) is 10.3 Å². The monoisotopic (exact) mass is 380 g/mol. The normalized spacial score (nSPS) is 13.0. The lowest BCUT2D eigenvalue weighted by atomic mass is 9.98. The van der Waals surface area contributed by atoms with Crippen LogP contribution in [-0.4, -0.2) is 23.0 Å². The Kier molecular flexibility index (Phi) is 6.79. The van der Waals surface area contributed by atoms with Crippen LogP contribution in [-0.2, 0) is 14.3 Å². The molecule has 5 nitrogen and oxygen atoms in total. The molecule has 0 fully saturated rings. The number of rotatable bonds is 6. The summed E-state index contributed by atoms with van der Waals surface area (Å²) in [4.78, 5) is 28.1. The maximum atomic E-state index is 12.1. The molecule has 0 bridgehead atoms. The van der Waals surface area contributed by atoms with E-state index in [1.165, 1.54) is 19.2 Å². The first kappa shape index (κ1) is 19.2. The van der Waals surface area contributed by atoms with Gasteiger partial charge in [-0.1, -0.05) is 60.5 Å². The van der Waals surface area contributed by atoms with Crippen LogP contribution in [0.25, 0.3) is 0 Å². The molecule has 0 spiro atoms. The number of hydrogen-bond donors (Lipinski definition) is 1. The molecule has 1 aromatic carbocycles. The van der Waals surface area contributed by atoms with Gasteiger partial charge < -0.3 is 10.1 Å². The zero-order valence-corrected chi connectivity index (χ0v) is 15.3. The first-order valence-corrected chi connectivity index (χ1v) is 8.48. The standard InChI is InChI=1S/C18H18Cl2N2O3/c1-11(13-6-4-3-5-7-13)8-16(23)25-12(2)18(24)22-17-15(20)9-14(19)10-21-17/h3-7,9-12H,8H2,1-2H3,(H,21,22,24)/t11-,12-/m0/s1. The summed E-state index contributed by atoms with van der Waals surface area (Å²) in [6.45, 7) is 3.42. The van der Waals surface area contributed by atoms with Crippen LogP contribution in [0.1, 0.15) is 31.7 Å². The van der Waals surface area contributed by atoms with Crippen molar-refractivity contribution in [3.05, 3.63) is 58.2 Å². The first-order chi connectivity index (χ1) is 11.9. The van der Waals surface area contributed by atoms with Gasteiger partial charge in [-0.2, -0.15) is 0 Å². The number of esters is 1. The molecule has 7 heteroatoms. The second kappa shape index (κ2) is 8.83. The number of ether oxygens (including phenoxy) is 1. The number of nitrogens with zero attached hydrogens (tertiary/aromatic N) is 1. The number of benzene rings is 1. The molecule has 0 aliphatic heterocycles. The van der Waals surface area contributed by atoms with Crippen LogP contribution in [0.5, 0.6) is 0 Å². The van der Waals surface area contributed by atoms with E-state index >= 15 is 0 Å². The Morgan fingerprint density at radius 3 is 2.52 bits per heavy atom. The van der Waals surface area contributed by atoms with Crippen molar-refractivity contribution < 1.29 is 14.3 Å². The van der Waals surface area contributed by atoms with Gasteiger partial charge in [0.15, 0.2) is 11.9 Å². The zero-order chi connectivity index (χ0) is 18.4. The molecule has 0 saturated carbocycles. The number of anilines is 1. The number of hydrogen-bond acceptors (Lipinski definition) is 4. The molecule has 0 saturated heterocycles. The third kappa shape index (κ3) is 5.73. The Bertz CT molecular complexity index is 753. The van der Waals surface area contributed by atoms with E-state index in [-0.39, 0.29) is 23.2 Å². The minimum absolute atomic E-state index is 0.00339. The highest BCUT2D eigenvalue weighted by Crippen LogP contribution is 2.23. The van der Waals surface area contributed by atoms with Crippen molar-refractivity contribution in [2.24, 2.45) is 0 Å². The molecule has 0 aliphatic carbocycles. The van der Waals surface area contributed by atoms with Gasteiger partial charge in [-0.25, -0.2) is 4.98 Å². The fourth-order valence-electron chi connectivity index (χ4n) is 2.17. The Labute approximate surface area is 156 Å². The lowest BCUT2D eigenvalue weighted by Gasteiger charge is -2.16. The highest BCUT2D eigenvalue weighted by atomic mass is 35.5. The predicted molar refractivity (Wildman–Crippen MR) is 97.9 cm³/mol. The third-order valence-electron chi connectivity index (χ3n) is 3.57. The van der Waals surface area contributed by atoms with E-state index in [1.807, 2.05) is 37.3 Å². The van der Waals surface area contributed by atoms with Gasteiger partial charge in [0.1, 0.15) is 0 Å². The molecule has 1 amide bonds. The highest BCUT2D eigenvalue weighted by molar-refractivity contribution is 6.36. The van der Waals surface area contributed by atoms with Crippen molar-refractivity contribution in [3.8, 4) is 0 Å². The van der Waals surface area contributed by atoms with Crippen molar-refractivity contribution >= 4 is 40.9 Å². The molecule has 2 atom stereocenters. The minimum atomic E-state index is -0.969. The van der Waals surface area contributed by atoms with Crippen molar-refractivity contribution in [2.75, 3.05) is 5.32 Å². The summed E-state index contributed by atoms with van der Waals surface area (Å²) in [6, 6.07) is 11.1. The maximum Gasteiger partial charge on any atom is 0.307 e. The van der Waals surface area contributed by atoms with Crippen molar-refractivity contribution in [1.29, 1.82) is 0 Å². The summed E-state index contributed by atoms with van der Waals surface area (Å²) >= 11 is 11.7. The van der Waals surface area contributed by atoms with Gasteiger partial charge in [0.05, 0.1) is 16.5 Å². The van der Waals surface area contributed by atoms with Crippen molar-refractivity contribution in [1.82, 2.24) is 4.98 Å². The van der Waals surface area contributed by atoms with Gasteiger partial charge in [0.25, 0.3) is 5.91 Å². The van der Waals surface area contributed by atoms with Crippen LogP contribution >= 0.6 is 23.2 Å². The Hall–Kier alpha value is -2.11. The molecule has 0 aliphatic rings. The molecule has 2 aromatic rings. The number of halogens is 2. The molecular weight excluding hydrogens is 363 g/mol. The van der Waals surface area contributed by atoms with Gasteiger partial charge in [0.2, 0.25) is 0 Å². The number of pyridine rings is 1. The van der Waals surface area contributed by atoms with Gasteiger partial charge in [-0.05, 0) is 24.5 Å². The molecule has 0 unspecified atom stereocenters. The first-order valence-electron chi connectivity index (χ1n) is 7.73. The fraction of sp³-hybridized carbons (Fsp3) is 0.278. The average molecular weight is 381 g/mol. The number of nitrogens with one attached hydrogen (secondary N) is 1. The van der Waals surface area contributed by atoms with Crippen LogP contribution in [0.3, 0.4) is 0 Å². The fourth-order valence-corrected chi connectivity index (χ4v) is 2.60. The third-order valence-corrected chi connectivity index (χ3v) is 4.06. The molecular formula is C18H18Cl2N2O3. The molecule has 25 heavy (non-hydrogen) atoms. The smallest absolute Gasteiger partial charge is 0.307 e. The van der Waals surface area contributed by atoms with Crippen LogP contribution in [0.2, 0.25) is 10.0 Å². The molecule has 0 radical (unpaired) electrons. The molecule has 132 valence electrons. The lowest BCUT2D eigenvalue weighted by Crippen LogP contribution is -2.30. The number of amides is 1. The molecule has 1 aromatic heterocycles. The Morgan fingerprint density at radius 1 is 1.20 bits per heavy atom. The summed E-state index contributed by atoms with van der Waals surface area (Å²) in [7, 11) is 0. The van der Waals surface area contributed by atoms with Crippen LogP contribution < -0.4 is 5.32 Å². The summed E-state index contributed by atoms with van der Waals surface area (Å²) in [5.41, 5.74) is 1.04. The van der Waals surface area contributed by atoms with Gasteiger partial charge in [-0.3, -0.25) is 9.59 Å². The van der Waals surface area contributed by atoms with E-state index in [1.54, 1.807) is 0 Å². The van der Waals surface area contributed by atoms with E-state index in [9.17, 15) is 9.59 Å². The second-order valence-corrected chi connectivity index (χ2v) is 6.46. The SMILES string of the molecule is C[C@H](OC(=O)C[C@H](C)c1ccccc1)C(=O)Nc1ncc(Cl)cc1Cl. The van der Waals surface area contributed by atoms with Crippen LogP contribution in [0.15, 0.2) is 42.6 Å². The zero-order valence-electron chi connectivity index (χ0n) is 13.8. The number of carbonyl (C=O) groups excluding carboxylic acids is 2. The maximum absolute atomic E-state index is 12.1. The van der Waals surface area contributed by atoms with E-state index in [0.29, 0.717) is 5.02 Å². The summed E-state index contributed by atoms with van der Waals surface area (Å²) < 4.78 is 5.19. The van der Waals surface area contributed by atoms with E-state index in [4.69, 9.17) is 27.9 Å². The van der Waals surface area contributed by atoms with Gasteiger partial charge >= 0.3 is 5.97 Å². The molecule has 1 N–H and O–H groups in total. The van der Waals surface area contributed by atoms with Crippen LogP contribution in [0.4, 0.5) is 5.82 Å². The van der Waals surface area contributed by atoms with Crippen molar-refractivity contribution in [3.63, 3.8) is 0 Å². The summed E-state index contributed by atoms with van der Waals surface area (Å²) in [5.74, 6) is -0.806. The van der Waals surface area contributed by atoms with E-state index < -0.39 is 18.0 Å². The Balaban J connectivity index is 1.88. The lowest BCUT2D eigenvalue weighted by molar-refractivity contribution is -0.153. The van der Waals surface area contributed by atoms with Gasteiger partial charge in [0, 0.05) is 6.20 Å². The summed E-state index contributed by atoms with van der Waals surface area (Å²) in [5, 5.41) is 3.07. The van der Waals surface area contributed by atoms with Gasteiger partial charge in [-0.15, -0.1) is 0 Å². The molecule has 2 rings (SSSR count). The Morgan fingerprint density at radius 2 is 1.88 bits per heavy atom. The number of aromatic nitrogens is 1. The minimum Gasteiger partial charge on any atom is -0.453 e. The topological polar surface area (TPSA) is 68.3 Å². The average Bonchev–Trinajstić information content (AvgIpc) is 2.57. The highest BCUT2D eigenvalue weighted by Gasteiger charge is 2.21. The molecule has 1 heterocycles. The predicted octanol–water partition coefficient (Wildman–Crippen LogP) is 4.45.